The van der Waals surface area contributed by atoms with Gasteiger partial charge in [-0.1, -0.05) is 54.6 Å². The van der Waals surface area contributed by atoms with E-state index in [1.807, 2.05) is 0 Å². The van der Waals surface area contributed by atoms with Crippen LogP contribution in [0, 0.1) is 0 Å². The summed E-state index contributed by atoms with van der Waals surface area (Å²) in [6.07, 6.45) is 4.12. The highest BCUT2D eigenvalue weighted by molar-refractivity contribution is 5.81. The maximum atomic E-state index is 4.28. The van der Waals surface area contributed by atoms with Crippen LogP contribution in [0.3, 0.4) is 0 Å². The number of aromatic amines is 1. The van der Waals surface area contributed by atoms with Gasteiger partial charge in [0.2, 0.25) is 0 Å². The van der Waals surface area contributed by atoms with Gasteiger partial charge in [-0.15, -0.1) is 0 Å². The van der Waals surface area contributed by atoms with Crippen LogP contribution >= 0.6 is 0 Å². The van der Waals surface area contributed by atoms with Crippen LogP contribution in [-0.4, -0.2) is 9.97 Å². The molecule has 3 nitrogen and oxygen atoms in total. The summed E-state index contributed by atoms with van der Waals surface area (Å²) in [5.41, 5.74) is 8.81. The number of benzene rings is 3. The first-order chi connectivity index (χ1) is 12.9. The van der Waals surface area contributed by atoms with Gasteiger partial charge >= 0.3 is 0 Å². The standard InChI is InChI=1S/C23H21N3/c1-2-4-20-18(3-1)9-11-21(20)24-14-16-5-7-17(8-6-16)19-10-12-22-23(13-19)26-15-25-22/h1-8,10,12-13,15,21,24H,9,11,14H2,(H,25,26)/t21-/m1/s1. The van der Waals surface area contributed by atoms with Crippen molar-refractivity contribution in [2.75, 3.05) is 0 Å². The highest BCUT2D eigenvalue weighted by atomic mass is 14.9. The van der Waals surface area contributed by atoms with E-state index in [1.54, 1.807) is 6.33 Å². The van der Waals surface area contributed by atoms with Gasteiger partial charge in [0.15, 0.2) is 0 Å². The smallest absolute Gasteiger partial charge is 0.0931 e. The highest BCUT2D eigenvalue weighted by Gasteiger charge is 2.20. The molecular formula is C23H21N3. The highest BCUT2D eigenvalue weighted by Crippen LogP contribution is 2.31. The number of hydrogen-bond acceptors (Lipinski definition) is 2. The molecule has 128 valence electrons. The van der Waals surface area contributed by atoms with Crippen LogP contribution in [-0.2, 0) is 13.0 Å². The second-order valence-electron chi connectivity index (χ2n) is 7.00. The Kier molecular flexibility index (Phi) is 3.80. The van der Waals surface area contributed by atoms with Crippen LogP contribution in [0.15, 0.2) is 73.1 Å². The molecule has 0 bridgehead atoms. The zero-order valence-electron chi connectivity index (χ0n) is 14.6. The first-order valence-electron chi connectivity index (χ1n) is 9.20. The fourth-order valence-electron chi connectivity index (χ4n) is 3.94. The minimum absolute atomic E-state index is 0.480. The van der Waals surface area contributed by atoms with Gasteiger partial charge < -0.3 is 10.3 Å². The fourth-order valence-corrected chi connectivity index (χ4v) is 3.94. The van der Waals surface area contributed by atoms with Crippen molar-refractivity contribution in [2.45, 2.75) is 25.4 Å². The number of fused-ring (bicyclic) bond motifs is 2. The molecule has 0 spiro atoms. The second kappa shape index (κ2) is 6.43. The molecule has 1 atom stereocenters. The van der Waals surface area contributed by atoms with Crippen molar-refractivity contribution in [2.24, 2.45) is 0 Å². The van der Waals surface area contributed by atoms with Crippen LogP contribution < -0.4 is 5.32 Å². The van der Waals surface area contributed by atoms with Gasteiger partial charge in [-0.2, -0.15) is 0 Å². The van der Waals surface area contributed by atoms with Crippen LogP contribution in [0.4, 0.5) is 0 Å². The zero-order valence-corrected chi connectivity index (χ0v) is 14.6. The van der Waals surface area contributed by atoms with E-state index in [9.17, 15) is 0 Å². The average Bonchev–Trinajstić information content (AvgIpc) is 3.33. The largest absolute Gasteiger partial charge is 0.345 e. The molecule has 1 aliphatic carbocycles. The van der Waals surface area contributed by atoms with Gasteiger partial charge in [-0.25, -0.2) is 4.98 Å². The average molecular weight is 339 g/mol. The number of nitrogens with zero attached hydrogens (tertiary/aromatic N) is 1. The van der Waals surface area contributed by atoms with Crippen LogP contribution in [0.25, 0.3) is 22.2 Å². The van der Waals surface area contributed by atoms with Crippen LogP contribution in [0.2, 0.25) is 0 Å². The number of hydrogen-bond donors (Lipinski definition) is 2. The second-order valence-corrected chi connectivity index (χ2v) is 7.00. The molecule has 0 aliphatic heterocycles. The Balaban J connectivity index is 1.29. The molecule has 2 N–H and O–H groups in total. The zero-order chi connectivity index (χ0) is 17.3. The molecule has 26 heavy (non-hydrogen) atoms. The van der Waals surface area contributed by atoms with Gasteiger partial charge in [0.1, 0.15) is 0 Å². The molecule has 1 heterocycles. The van der Waals surface area contributed by atoms with E-state index in [1.165, 1.54) is 40.7 Å². The molecule has 0 saturated heterocycles. The summed E-state index contributed by atoms with van der Waals surface area (Å²) >= 11 is 0. The van der Waals surface area contributed by atoms with Gasteiger partial charge in [0, 0.05) is 12.6 Å². The predicted molar refractivity (Wildman–Crippen MR) is 106 cm³/mol. The molecule has 3 heteroatoms. The molecule has 0 amide bonds. The summed E-state index contributed by atoms with van der Waals surface area (Å²) in [5, 5.41) is 3.72. The number of aryl methyl sites for hydroxylation is 1. The van der Waals surface area contributed by atoms with E-state index < -0.39 is 0 Å². The van der Waals surface area contributed by atoms with E-state index in [-0.39, 0.29) is 0 Å². The third-order valence-electron chi connectivity index (χ3n) is 5.39. The maximum absolute atomic E-state index is 4.28. The van der Waals surface area contributed by atoms with Crippen LogP contribution in [0.1, 0.15) is 29.2 Å². The lowest BCUT2D eigenvalue weighted by Gasteiger charge is -2.14. The normalized spacial score (nSPS) is 16.1. The summed E-state index contributed by atoms with van der Waals surface area (Å²) in [6.45, 7) is 0.902. The van der Waals surface area contributed by atoms with Crippen molar-refractivity contribution >= 4 is 11.0 Å². The Morgan fingerprint density at radius 3 is 2.73 bits per heavy atom. The Bertz CT molecular complexity index is 1050. The Hall–Kier alpha value is -2.91. The van der Waals surface area contributed by atoms with Gasteiger partial charge in [0.05, 0.1) is 17.4 Å². The lowest BCUT2D eigenvalue weighted by Crippen LogP contribution is -2.18. The number of H-pyrrole nitrogens is 1. The SMILES string of the molecule is c1ccc2c(c1)CC[C@H]2NCc1ccc(-c2ccc3nc[nH]c3c2)cc1. The summed E-state index contributed by atoms with van der Waals surface area (Å²) < 4.78 is 0. The van der Waals surface area contributed by atoms with E-state index in [2.05, 4.69) is 82.0 Å². The third-order valence-corrected chi connectivity index (χ3v) is 5.39. The van der Waals surface area contributed by atoms with Crippen LogP contribution in [0.5, 0.6) is 0 Å². The first-order valence-corrected chi connectivity index (χ1v) is 9.20. The number of aromatic nitrogens is 2. The lowest BCUT2D eigenvalue weighted by atomic mass is 10.0. The minimum atomic E-state index is 0.480. The summed E-state index contributed by atoms with van der Waals surface area (Å²) in [5.74, 6) is 0. The van der Waals surface area contributed by atoms with Crippen molar-refractivity contribution in [1.82, 2.24) is 15.3 Å². The Labute approximate surface area is 153 Å². The van der Waals surface area contributed by atoms with Crippen molar-refractivity contribution in [3.8, 4) is 11.1 Å². The Morgan fingerprint density at radius 1 is 0.962 bits per heavy atom. The predicted octanol–water partition coefficient (Wildman–Crippen LogP) is 5.01. The maximum Gasteiger partial charge on any atom is 0.0931 e. The molecule has 1 aromatic heterocycles. The molecule has 0 radical (unpaired) electrons. The summed E-state index contributed by atoms with van der Waals surface area (Å²) in [6, 6.07) is 24.5. The van der Waals surface area contributed by atoms with E-state index in [0.717, 1.165) is 17.6 Å². The number of rotatable bonds is 4. The van der Waals surface area contributed by atoms with E-state index in [0.29, 0.717) is 6.04 Å². The Morgan fingerprint density at radius 2 is 1.81 bits per heavy atom. The minimum Gasteiger partial charge on any atom is -0.345 e. The monoisotopic (exact) mass is 339 g/mol. The molecule has 3 aromatic carbocycles. The fraction of sp³-hybridized carbons (Fsp3) is 0.174. The molecule has 0 unspecified atom stereocenters. The molecule has 0 fully saturated rings. The van der Waals surface area contributed by atoms with Crippen molar-refractivity contribution in [3.63, 3.8) is 0 Å². The lowest BCUT2D eigenvalue weighted by molar-refractivity contribution is 0.530. The first kappa shape index (κ1) is 15.4. The number of imidazole rings is 1. The topological polar surface area (TPSA) is 40.7 Å². The molecule has 1 aliphatic rings. The number of nitrogens with one attached hydrogen (secondary N) is 2. The van der Waals surface area contributed by atoms with Crippen molar-refractivity contribution in [3.05, 3.63) is 89.7 Å². The van der Waals surface area contributed by atoms with Crippen molar-refractivity contribution in [1.29, 1.82) is 0 Å². The molecular weight excluding hydrogens is 318 g/mol. The van der Waals surface area contributed by atoms with Gasteiger partial charge in [-0.3, -0.25) is 0 Å². The van der Waals surface area contributed by atoms with Gasteiger partial charge in [0.25, 0.3) is 0 Å². The quantitative estimate of drug-likeness (QED) is 0.549. The summed E-state index contributed by atoms with van der Waals surface area (Å²) in [7, 11) is 0. The van der Waals surface area contributed by atoms with E-state index in [4.69, 9.17) is 0 Å². The molecule has 0 saturated carbocycles. The van der Waals surface area contributed by atoms with E-state index >= 15 is 0 Å². The molecule has 4 aromatic rings. The third kappa shape index (κ3) is 2.80. The summed E-state index contributed by atoms with van der Waals surface area (Å²) in [4.78, 5) is 7.46. The van der Waals surface area contributed by atoms with Gasteiger partial charge in [-0.05, 0) is 52.8 Å². The van der Waals surface area contributed by atoms with Crippen molar-refractivity contribution < 1.29 is 0 Å². The molecule has 5 rings (SSSR count).